The second-order valence-electron chi connectivity index (χ2n) is 8.38. The van der Waals surface area contributed by atoms with Gasteiger partial charge in [-0.2, -0.15) is 0 Å². The van der Waals surface area contributed by atoms with Crippen LogP contribution >= 0.6 is 0 Å². The van der Waals surface area contributed by atoms with Crippen LogP contribution in [0, 0.1) is 6.92 Å². The molecule has 1 aliphatic heterocycles. The second-order valence-corrected chi connectivity index (χ2v) is 8.38. The fraction of sp³-hybridized carbons (Fsp3) is 0.565. The van der Waals surface area contributed by atoms with Crippen molar-refractivity contribution in [2.75, 3.05) is 32.2 Å². The van der Waals surface area contributed by atoms with Crippen molar-refractivity contribution in [3.8, 4) is 0 Å². The molecule has 1 atom stereocenters. The van der Waals surface area contributed by atoms with Crippen molar-refractivity contribution in [3.63, 3.8) is 0 Å². The van der Waals surface area contributed by atoms with Gasteiger partial charge in [-0.1, -0.05) is 0 Å². The molecule has 0 amide bonds. The van der Waals surface area contributed by atoms with E-state index in [1.54, 1.807) is 0 Å². The van der Waals surface area contributed by atoms with Crippen LogP contribution in [0.5, 0.6) is 0 Å². The summed E-state index contributed by atoms with van der Waals surface area (Å²) in [5.74, 6) is -0.124. The maximum absolute atomic E-state index is 12.0. The van der Waals surface area contributed by atoms with Gasteiger partial charge in [0.2, 0.25) is 5.95 Å². The third kappa shape index (κ3) is 4.63. The Morgan fingerprint density at radius 1 is 1.13 bits per heavy atom. The van der Waals surface area contributed by atoms with Gasteiger partial charge in [-0.3, -0.25) is 9.59 Å². The van der Waals surface area contributed by atoms with Gasteiger partial charge in [0.25, 0.3) is 0 Å². The molecule has 166 valence electrons. The number of nitrogens with one attached hydrogen (secondary N) is 1. The number of rotatable bonds is 6. The van der Waals surface area contributed by atoms with Gasteiger partial charge in [-0.05, 0) is 62.3 Å². The fourth-order valence-corrected chi connectivity index (χ4v) is 4.61. The highest BCUT2D eigenvalue weighted by Crippen LogP contribution is 2.29. The molecule has 2 heterocycles. The van der Waals surface area contributed by atoms with Crippen molar-refractivity contribution in [1.82, 2.24) is 15.3 Å². The van der Waals surface area contributed by atoms with Crippen molar-refractivity contribution >= 4 is 28.8 Å². The lowest BCUT2D eigenvalue weighted by Crippen LogP contribution is -2.50. The molecule has 0 bridgehead atoms. The summed E-state index contributed by atoms with van der Waals surface area (Å²) in [6.07, 6.45) is 5.09. The summed E-state index contributed by atoms with van der Waals surface area (Å²) in [5.41, 5.74) is 4.89. The lowest BCUT2D eigenvalue weighted by Gasteiger charge is -2.34. The predicted molar refractivity (Wildman–Crippen MR) is 117 cm³/mol. The molecule has 8 nitrogen and oxygen atoms in total. The third-order valence-corrected chi connectivity index (χ3v) is 6.39. The molecule has 2 aromatic rings. The van der Waals surface area contributed by atoms with Gasteiger partial charge in [0, 0.05) is 24.5 Å². The Morgan fingerprint density at radius 3 is 2.52 bits per heavy atom. The van der Waals surface area contributed by atoms with Crippen molar-refractivity contribution < 1.29 is 19.1 Å². The number of esters is 2. The summed E-state index contributed by atoms with van der Waals surface area (Å²) in [6, 6.07) is 3.91. The normalized spacial score (nSPS) is 17.5. The second kappa shape index (κ2) is 9.18. The SMILES string of the molecule is COC(=O)CC(NC1CCN(c2nc(C)c3cc4c(cc3n2)CCC4)CC1)C(=O)OC. The van der Waals surface area contributed by atoms with E-state index in [9.17, 15) is 9.59 Å². The number of carbonyl (C=O) groups excluding carboxylic acids is 2. The Kier molecular flexibility index (Phi) is 6.36. The minimum atomic E-state index is -0.699. The lowest BCUT2D eigenvalue weighted by molar-refractivity contribution is -0.149. The first-order chi connectivity index (χ1) is 15.0. The Labute approximate surface area is 182 Å². The molecule has 1 aliphatic carbocycles. The maximum Gasteiger partial charge on any atom is 0.323 e. The van der Waals surface area contributed by atoms with E-state index in [1.165, 1.54) is 31.8 Å². The van der Waals surface area contributed by atoms with Crippen molar-refractivity contribution in [3.05, 3.63) is 29.0 Å². The largest absolute Gasteiger partial charge is 0.469 e. The number of hydrogen-bond donors (Lipinski definition) is 1. The van der Waals surface area contributed by atoms with Crippen molar-refractivity contribution in [2.45, 2.75) is 57.5 Å². The first-order valence-corrected chi connectivity index (χ1v) is 10.9. The topological polar surface area (TPSA) is 93.6 Å². The van der Waals surface area contributed by atoms with Crippen LogP contribution in [0.4, 0.5) is 5.95 Å². The minimum Gasteiger partial charge on any atom is -0.469 e. The number of fused-ring (bicyclic) bond motifs is 2. The number of aromatic nitrogens is 2. The summed E-state index contributed by atoms with van der Waals surface area (Å²) in [5, 5.41) is 4.41. The fourth-order valence-electron chi connectivity index (χ4n) is 4.61. The Bertz CT molecular complexity index is 985. The molecule has 31 heavy (non-hydrogen) atoms. The molecule has 1 fully saturated rings. The van der Waals surface area contributed by atoms with E-state index in [-0.39, 0.29) is 12.5 Å². The molecular weight excluding hydrogens is 396 g/mol. The van der Waals surface area contributed by atoms with E-state index in [2.05, 4.69) is 29.3 Å². The van der Waals surface area contributed by atoms with Crippen LogP contribution in [0.1, 0.15) is 42.5 Å². The average molecular weight is 427 g/mol. The maximum atomic E-state index is 12.0. The molecule has 0 spiro atoms. The van der Waals surface area contributed by atoms with Gasteiger partial charge in [0.15, 0.2) is 0 Å². The number of anilines is 1. The summed E-state index contributed by atoms with van der Waals surface area (Å²) in [7, 11) is 2.64. The van der Waals surface area contributed by atoms with Crippen LogP contribution in [0.2, 0.25) is 0 Å². The average Bonchev–Trinajstić information content (AvgIpc) is 3.24. The van der Waals surface area contributed by atoms with Crippen LogP contribution in [0.25, 0.3) is 10.9 Å². The quantitative estimate of drug-likeness (QED) is 0.702. The van der Waals surface area contributed by atoms with E-state index in [1.807, 2.05) is 0 Å². The molecule has 4 rings (SSSR count). The smallest absolute Gasteiger partial charge is 0.323 e. The summed E-state index contributed by atoms with van der Waals surface area (Å²) in [6.45, 7) is 3.61. The van der Waals surface area contributed by atoms with Crippen LogP contribution in [-0.4, -0.2) is 61.3 Å². The molecule has 0 saturated carbocycles. The van der Waals surface area contributed by atoms with Crippen LogP contribution in [-0.2, 0) is 31.9 Å². The predicted octanol–water partition coefficient (Wildman–Crippen LogP) is 2.09. The van der Waals surface area contributed by atoms with E-state index in [0.717, 1.165) is 61.3 Å². The zero-order valence-electron chi connectivity index (χ0n) is 18.4. The first-order valence-electron chi connectivity index (χ1n) is 10.9. The highest BCUT2D eigenvalue weighted by Gasteiger charge is 2.29. The van der Waals surface area contributed by atoms with Gasteiger partial charge in [0.05, 0.1) is 31.9 Å². The zero-order valence-corrected chi connectivity index (χ0v) is 18.4. The summed E-state index contributed by atoms with van der Waals surface area (Å²) in [4.78, 5) is 35.5. The Balaban J connectivity index is 1.43. The zero-order chi connectivity index (χ0) is 22.0. The number of aryl methyl sites for hydroxylation is 3. The number of carbonyl (C=O) groups is 2. The highest BCUT2D eigenvalue weighted by atomic mass is 16.5. The van der Waals surface area contributed by atoms with Gasteiger partial charge < -0.3 is 19.7 Å². The molecule has 1 N–H and O–H groups in total. The van der Waals surface area contributed by atoms with E-state index < -0.39 is 18.0 Å². The standard InChI is InChI=1S/C23H30N4O4/c1-14-18-11-15-5-4-6-16(15)12-19(18)26-23(24-14)27-9-7-17(8-10-27)25-20(22(29)31-3)13-21(28)30-2/h11-12,17,20,25H,4-10,13H2,1-3H3. The monoisotopic (exact) mass is 426 g/mol. The van der Waals surface area contributed by atoms with E-state index >= 15 is 0 Å². The molecule has 1 unspecified atom stereocenters. The number of ether oxygens (including phenoxy) is 2. The molecule has 8 heteroatoms. The molecular formula is C23H30N4O4. The first kappa shape index (κ1) is 21.5. The number of benzene rings is 1. The van der Waals surface area contributed by atoms with Gasteiger partial charge in [0.1, 0.15) is 6.04 Å². The van der Waals surface area contributed by atoms with Gasteiger partial charge >= 0.3 is 11.9 Å². The number of piperidine rings is 1. The summed E-state index contributed by atoms with van der Waals surface area (Å²) < 4.78 is 9.54. The molecule has 1 saturated heterocycles. The van der Waals surface area contributed by atoms with Crippen molar-refractivity contribution in [1.29, 1.82) is 0 Å². The van der Waals surface area contributed by atoms with Gasteiger partial charge in [-0.25, -0.2) is 9.97 Å². The van der Waals surface area contributed by atoms with Crippen LogP contribution in [0.15, 0.2) is 12.1 Å². The minimum absolute atomic E-state index is 0.0410. The molecule has 1 aromatic heterocycles. The highest BCUT2D eigenvalue weighted by molar-refractivity contribution is 5.84. The van der Waals surface area contributed by atoms with Crippen LogP contribution < -0.4 is 10.2 Å². The van der Waals surface area contributed by atoms with E-state index in [4.69, 9.17) is 19.4 Å². The van der Waals surface area contributed by atoms with Gasteiger partial charge in [-0.15, -0.1) is 0 Å². The summed E-state index contributed by atoms with van der Waals surface area (Å²) >= 11 is 0. The Morgan fingerprint density at radius 2 is 1.84 bits per heavy atom. The lowest BCUT2D eigenvalue weighted by atomic mass is 10.0. The number of hydrogen-bond acceptors (Lipinski definition) is 8. The molecule has 0 radical (unpaired) electrons. The third-order valence-electron chi connectivity index (χ3n) is 6.39. The molecule has 1 aromatic carbocycles. The molecule has 2 aliphatic rings. The van der Waals surface area contributed by atoms with Crippen molar-refractivity contribution in [2.24, 2.45) is 0 Å². The number of nitrogens with zero attached hydrogens (tertiary/aromatic N) is 3. The Hall–Kier alpha value is -2.74. The van der Waals surface area contributed by atoms with Crippen LogP contribution in [0.3, 0.4) is 0 Å². The number of methoxy groups -OCH3 is 2. The van der Waals surface area contributed by atoms with E-state index in [0.29, 0.717) is 0 Å².